The van der Waals surface area contributed by atoms with Crippen LogP contribution in [0, 0.1) is 6.92 Å². The van der Waals surface area contributed by atoms with Crippen molar-refractivity contribution < 1.29 is 19.4 Å². The smallest absolute Gasteiger partial charge is 0.323 e. The van der Waals surface area contributed by atoms with E-state index in [0.29, 0.717) is 24.6 Å². The SMILES string of the molecule is CCN(Cc1cc(OC)c(OC)cc1C)C(C)(C)C(=O)O. The van der Waals surface area contributed by atoms with Crippen molar-refractivity contribution in [3.05, 3.63) is 23.3 Å². The molecule has 0 aromatic heterocycles. The van der Waals surface area contributed by atoms with Crippen LogP contribution < -0.4 is 9.47 Å². The van der Waals surface area contributed by atoms with Crippen molar-refractivity contribution in [2.24, 2.45) is 0 Å². The zero-order valence-corrected chi connectivity index (χ0v) is 13.7. The van der Waals surface area contributed by atoms with Crippen LogP contribution in [0.1, 0.15) is 31.9 Å². The first kappa shape index (κ1) is 17.3. The number of carboxylic acid groups (broad SMARTS) is 1. The first-order chi connectivity index (χ1) is 9.77. The molecule has 0 aliphatic rings. The van der Waals surface area contributed by atoms with Crippen molar-refractivity contribution in [1.82, 2.24) is 4.90 Å². The largest absolute Gasteiger partial charge is 0.493 e. The van der Waals surface area contributed by atoms with Gasteiger partial charge in [0, 0.05) is 6.54 Å². The van der Waals surface area contributed by atoms with Gasteiger partial charge in [-0.2, -0.15) is 0 Å². The van der Waals surface area contributed by atoms with E-state index in [1.165, 1.54) is 0 Å². The Kier molecular flexibility index (Phi) is 5.61. The predicted molar refractivity (Wildman–Crippen MR) is 82.1 cm³/mol. The predicted octanol–water partition coefficient (Wildman–Crippen LogP) is 2.70. The number of likely N-dealkylation sites (N-methyl/N-ethyl adjacent to an activating group) is 1. The number of nitrogens with zero attached hydrogens (tertiary/aromatic N) is 1. The molecule has 1 aromatic carbocycles. The molecule has 0 amide bonds. The van der Waals surface area contributed by atoms with Crippen LogP contribution in [0.3, 0.4) is 0 Å². The van der Waals surface area contributed by atoms with Gasteiger partial charge in [0.15, 0.2) is 11.5 Å². The number of ether oxygens (including phenoxy) is 2. The van der Waals surface area contributed by atoms with Gasteiger partial charge in [0.2, 0.25) is 0 Å². The number of aliphatic carboxylic acids is 1. The minimum Gasteiger partial charge on any atom is -0.493 e. The van der Waals surface area contributed by atoms with Crippen molar-refractivity contribution in [3.8, 4) is 11.5 Å². The summed E-state index contributed by atoms with van der Waals surface area (Å²) >= 11 is 0. The lowest BCUT2D eigenvalue weighted by molar-refractivity contribution is -0.149. The normalized spacial score (nSPS) is 11.6. The Bertz CT molecular complexity index is 511. The van der Waals surface area contributed by atoms with Crippen molar-refractivity contribution in [2.75, 3.05) is 20.8 Å². The topological polar surface area (TPSA) is 59.0 Å². The highest BCUT2D eigenvalue weighted by molar-refractivity contribution is 5.77. The van der Waals surface area contributed by atoms with Gasteiger partial charge in [0.25, 0.3) is 0 Å². The second-order valence-corrected chi connectivity index (χ2v) is 5.51. The Balaban J connectivity index is 3.14. The zero-order chi connectivity index (χ0) is 16.2. The Morgan fingerprint density at radius 3 is 2.19 bits per heavy atom. The lowest BCUT2D eigenvalue weighted by Crippen LogP contribution is -2.49. The standard InChI is InChI=1S/C16H25NO4/c1-7-17(16(3,4)15(18)19)10-12-9-14(21-6)13(20-5)8-11(12)2/h8-9H,7,10H2,1-6H3,(H,18,19). The van der Waals surface area contributed by atoms with Gasteiger partial charge in [0.1, 0.15) is 5.54 Å². The molecule has 0 radical (unpaired) electrons. The monoisotopic (exact) mass is 295 g/mol. The molecular weight excluding hydrogens is 270 g/mol. The van der Waals surface area contributed by atoms with Gasteiger partial charge in [-0.15, -0.1) is 0 Å². The molecule has 0 atom stereocenters. The summed E-state index contributed by atoms with van der Waals surface area (Å²) in [5.74, 6) is 0.504. The van der Waals surface area contributed by atoms with Crippen LogP contribution in [-0.2, 0) is 11.3 Å². The van der Waals surface area contributed by atoms with E-state index in [1.807, 2.05) is 30.9 Å². The van der Waals surface area contributed by atoms with Crippen LogP contribution in [0.15, 0.2) is 12.1 Å². The third kappa shape index (κ3) is 3.67. The fraction of sp³-hybridized carbons (Fsp3) is 0.562. The molecule has 5 nitrogen and oxygen atoms in total. The van der Waals surface area contributed by atoms with Gasteiger partial charge in [-0.05, 0) is 50.6 Å². The molecule has 0 bridgehead atoms. The maximum absolute atomic E-state index is 11.4. The molecule has 0 fully saturated rings. The van der Waals surface area contributed by atoms with E-state index in [2.05, 4.69) is 0 Å². The summed E-state index contributed by atoms with van der Waals surface area (Å²) in [5.41, 5.74) is 1.16. The molecule has 1 N–H and O–H groups in total. The molecule has 21 heavy (non-hydrogen) atoms. The number of carboxylic acids is 1. The summed E-state index contributed by atoms with van der Waals surface area (Å²) in [6.45, 7) is 8.57. The maximum Gasteiger partial charge on any atom is 0.323 e. The van der Waals surface area contributed by atoms with Crippen LogP contribution in [-0.4, -0.2) is 42.3 Å². The van der Waals surface area contributed by atoms with E-state index in [4.69, 9.17) is 9.47 Å². The fourth-order valence-corrected chi connectivity index (χ4v) is 2.24. The average molecular weight is 295 g/mol. The summed E-state index contributed by atoms with van der Waals surface area (Å²) in [5, 5.41) is 9.39. The third-order valence-electron chi connectivity index (χ3n) is 3.90. The van der Waals surface area contributed by atoms with Gasteiger partial charge in [0.05, 0.1) is 14.2 Å². The summed E-state index contributed by atoms with van der Waals surface area (Å²) in [6, 6.07) is 3.82. The summed E-state index contributed by atoms with van der Waals surface area (Å²) in [6.07, 6.45) is 0. The van der Waals surface area contributed by atoms with E-state index in [9.17, 15) is 9.90 Å². The number of methoxy groups -OCH3 is 2. The number of rotatable bonds is 7. The zero-order valence-electron chi connectivity index (χ0n) is 13.7. The molecule has 0 saturated carbocycles. The average Bonchev–Trinajstić information content (AvgIpc) is 2.44. The first-order valence-electron chi connectivity index (χ1n) is 6.97. The van der Waals surface area contributed by atoms with Crippen molar-refractivity contribution in [2.45, 2.75) is 39.8 Å². The molecule has 1 rings (SSSR count). The summed E-state index contributed by atoms with van der Waals surface area (Å²) < 4.78 is 10.6. The fourth-order valence-electron chi connectivity index (χ4n) is 2.24. The first-order valence-corrected chi connectivity index (χ1v) is 6.97. The number of hydrogen-bond acceptors (Lipinski definition) is 4. The van der Waals surface area contributed by atoms with Gasteiger partial charge < -0.3 is 14.6 Å². The summed E-state index contributed by atoms with van der Waals surface area (Å²) in [4.78, 5) is 13.4. The van der Waals surface area contributed by atoms with Crippen LogP contribution in [0.25, 0.3) is 0 Å². The Labute approximate surface area is 126 Å². The number of hydrogen-bond donors (Lipinski definition) is 1. The van der Waals surface area contributed by atoms with E-state index in [0.717, 1.165) is 11.1 Å². The van der Waals surface area contributed by atoms with Crippen LogP contribution in [0.4, 0.5) is 0 Å². The lowest BCUT2D eigenvalue weighted by Gasteiger charge is -2.34. The van der Waals surface area contributed by atoms with Crippen molar-refractivity contribution >= 4 is 5.97 Å². The minimum absolute atomic E-state index is 0.544. The summed E-state index contributed by atoms with van der Waals surface area (Å²) in [7, 11) is 3.19. The number of aryl methyl sites for hydroxylation is 1. The Morgan fingerprint density at radius 2 is 1.76 bits per heavy atom. The van der Waals surface area contributed by atoms with Gasteiger partial charge in [-0.25, -0.2) is 0 Å². The van der Waals surface area contributed by atoms with Gasteiger partial charge in [-0.3, -0.25) is 9.69 Å². The molecule has 5 heteroatoms. The Morgan fingerprint density at radius 1 is 1.24 bits per heavy atom. The van der Waals surface area contributed by atoms with Gasteiger partial charge in [-0.1, -0.05) is 6.92 Å². The molecule has 0 heterocycles. The molecule has 0 spiro atoms. The minimum atomic E-state index is -0.922. The molecule has 118 valence electrons. The molecule has 1 aromatic rings. The van der Waals surface area contributed by atoms with Crippen LogP contribution in [0.5, 0.6) is 11.5 Å². The molecule has 0 aliphatic carbocycles. The van der Waals surface area contributed by atoms with Crippen LogP contribution >= 0.6 is 0 Å². The number of benzene rings is 1. The van der Waals surface area contributed by atoms with E-state index < -0.39 is 11.5 Å². The Hall–Kier alpha value is -1.75. The third-order valence-corrected chi connectivity index (χ3v) is 3.90. The van der Waals surface area contributed by atoms with Crippen LogP contribution in [0.2, 0.25) is 0 Å². The highest BCUT2D eigenvalue weighted by Gasteiger charge is 2.33. The van der Waals surface area contributed by atoms with E-state index in [-0.39, 0.29) is 0 Å². The quantitative estimate of drug-likeness (QED) is 0.838. The van der Waals surface area contributed by atoms with Crippen molar-refractivity contribution in [3.63, 3.8) is 0 Å². The lowest BCUT2D eigenvalue weighted by atomic mass is 10.00. The molecule has 0 saturated heterocycles. The second-order valence-electron chi connectivity index (χ2n) is 5.51. The van der Waals surface area contributed by atoms with E-state index in [1.54, 1.807) is 28.1 Å². The number of carbonyl (C=O) groups is 1. The van der Waals surface area contributed by atoms with Gasteiger partial charge >= 0.3 is 5.97 Å². The maximum atomic E-state index is 11.4. The molecular formula is C16H25NO4. The highest BCUT2D eigenvalue weighted by Crippen LogP contribution is 2.31. The molecule has 0 unspecified atom stereocenters. The van der Waals surface area contributed by atoms with E-state index >= 15 is 0 Å². The highest BCUT2D eigenvalue weighted by atomic mass is 16.5. The molecule has 0 aliphatic heterocycles. The van der Waals surface area contributed by atoms with Crippen molar-refractivity contribution in [1.29, 1.82) is 0 Å². The second kappa shape index (κ2) is 6.80.